The summed E-state index contributed by atoms with van der Waals surface area (Å²) >= 11 is 0. The van der Waals surface area contributed by atoms with Crippen LogP contribution in [0.3, 0.4) is 0 Å². The predicted molar refractivity (Wildman–Crippen MR) is 64.5 cm³/mol. The molecule has 0 radical (unpaired) electrons. The second-order valence-electron chi connectivity index (χ2n) is 5.11. The minimum absolute atomic E-state index is 0.118. The van der Waals surface area contributed by atoms with E-state index in [2.05, 4.69) is 0 Å². The summed E-state index contributed by atoms with van der Waals surface area (Å²) in [6.45, 7) is 9.43. The largest absolute Gasteiger partial charge is 0.507 e. The lowest BCUT2D eigenvalue weighted by Gasteiger charge is -2.25. The van der Waals surface area contributed by atoms with Gasteiger partial charge in [0.2, 0.25) is 0 Å². The van der Waals surface area contributed by atoms with E-state index in [-0.39, 0.29) is 16.9 Å². The van der Waals surface area contributed by atoms with E-state index < -0.39 is 0 Å². The van der Waals surface area contributed by atoms with Crippen LogP contribution >= 0.6 is 0 Å². The second-order valence-corrected chi connectivity index (χ2v) is 5.11. The molecule has 90 valence electrons. The van der Waals surface area contributed by atoms with Crippen molar-refractivity contribution in [3.05, 3.63) is 16.7 Å². The summed E-state index contributed by atoms with van der Waals surface area (Å²) in [6, 6.07) is 0. The zero-order chi connectivity index (χ0) is 12.7. The van der Waals surface area contributed by atoms with Crippen LogP contribution in [-0.4, -0.2) is 17.3 Å². The Balaban J connectivity index is 3.67. The van der Waals surface area contributed by atoms with E-state index in [0.717, 1.165) is 0 Å². The SMILES string of the molecule is COc1c(C)c(O)c(C(C)(C)C)c(O)c1C. The molecule has 1 rings (SSSR count). The van der Waals surface area contributed by atoms with Crippen LogP contribution in [0.4, 0.5) is 0 Å². The van der Waals surface area contributed by atoms with Crippen LogP contribution in [0.15, 0.2) is 0 Å². The van der Waals surface area contributed by atoms with Gasteiger partial charge in [0.1, 0.15) is 17.2 Å². The molecule has 0 aromatic heterocycles. The van der Waals surface area contributed by atoms with E-state index in [0.29, 0.717) is 22.4 Å². The fourth-order valence-electron chi connectivity index (χ4n) is 2.00. The van der Waals surface area contributed by atoms with Gasteiger partial charge < -0.3 is 14.9 Å². The van der Waals surface area contributed by atoms with Crippen LogP contribution < -0.4 is 4.74 Å². The highest BCUT2D eigenvalue weighted by atomic mass is 16.5. The van der Waals surface area contributed by atoms with Crippen LogP contribution in [0.5, 0.6) is 17.2 Å². The lowest BCUT2D eigenvalue weighted by Crippen LogP contribution is -2.13. The van der Waals surface area contributed by atoms with Gasteiger partial charge in [-0.2, -0.15) is 0 Å². The number of phenolic OH excluding ortho intramolecular Hbond substituents is 2. The lowest BCUT2D eigenvalue weighted by molar-refractivity contribution is 0.374. The maximum atomic E-state index is 10.1. The molecule has 0 aliphatic carbocycles. The number of hydrogen-bond donors (Lipinski definition) is 2. The Hall–Kier alpha value is -1.38. The highest BCUT2D eigenvalue weighted by Gasteiger charge is 2.27. The first-order valence-electron chi connectivity index (χ1n) is 5.31. The van der Waals surface area contributed by atoms with E-state index in [4.69, 9.17) is 4.74 Å². The normalized spacial score (nSPS) is 11.6. The van der Waals surface area contributed by atoms with Gasteiger partial charge in [-0.05, 0) is 19.3 Å². The predicted octanol–water partition coefficient (Wildman–Crippen LogP) is 3.02. The monoisotopic (exact) mass is 224 g/mol. The number of aromatic hydroxyl groups is 2. The number of hydrogen-bond acceptors (Lipinski definition) is 3. The highest BCUT2D eigenvalue weighted by molar-refractivity contribution is 5.62. The summed E-state index contributed by atoms with van der Waals surface area (Å²) in [5.74, 6) is 0.780. The Morgan fingerprint density at radius 2 is 1.31 bits per heavy atom. The minimum Gasteiger partial charge on any atom is -0.507 e. The molecule has 0 unspecified atom stereocenters. The Bertz CT molecular complexity index is 385. The standard InChI is InChI=1S/C13H20O3/c1-7-10(14)9(13(3,4)5)11(15)8(2)12(7)16-6/h14-15H,1-6H3. The molecule has 0 aliphatic rings. The average molecular weight is 224 g/mol. The van der Waals surface area contributed by atoms with Crippen molar-refractivity contribution in [2.45, 2.75) is 40.0 Å². The van der Waals surface area contributed by atoms with Crippen LogP contribution in [0.1, 0.15) is 37.5 Å². The second kappa shape index (κ2) is 3.89. The molecule has 0 saturated carbocycles. The van der Waals surface area contributed by atoms with E-state index in [1.54, 1.807) is 13.8 Å². The summed E-state index contributed by atoms with van der Waals surface area (Å²) in [7, 11) is 1.53. The summed E-state index contributed by atoms with van der Waals surface area (Å²) < 4.78 is 5.19. The zero-order valence-corrected chi connectivity index (χ0v) is 10.8. The van der Waals surface area contributed by atoms with Crippen LogP contribution in [-0.2, 0) is 5.41 Å². The molecule has 0 fully saturated rings. The van der Waals surface area contributed by atoms with Crippen LogP contribution in [0.2, 0.25) is 0 Å². The van der Waals surface area contributed by atoms with Gasteiger partial charge in [0.05, 0.1) is 7.11 Å². The molecule has 1 aromatic carbocycles. The summed E-state index contributed by atoms with van der Waals surface area (Å²) in [5, 5.41) is 20.2. The molecule has 1 aromatic rings. The first-order valence-corrected chi connectivity index (χ1v) is 5.31. The molecule has 0 saturated heterocycles. The smallest absolute Gasteiger partial charge is 0.132 e. The average Bonchev–Trinajstić information content (AvgIpc) is 2.14. The third kappa shape index (κ3) is 1.82. The van der Waals surface area contributed by atoms with Crippen molar-refractivity contribution in [1.82, 2.24) is 0 Å². The van der Waals surface area contributed by atoms with Gasteiger partial charge in [-0.15, -0.1) is 0 Å². The summed E-state index contributed by atoms with van der Waals surface area (Å²) in [4.78, 5) is 0. The molecule has 0 heterocycles. The van der Waals surface area contributed by atoms with Gasteiger partial charge >= 0.3 is 0 Å². The third-order valence-electron chi connectivity index (χ3n) is 2.82. The van der Waals surface area contributed by atoms with E-state index >= 15 is 0 Å². The lowest BCUT2D eigenvalue weighted by atomic mass is 9.83. The Morgan fingerprint density at radius 1 is 0.938 bits per heavy atom. The summed E-state index contributed by atoms with van der Waals surface area (Å²) in [6.07, 6.45) is 0. The molecule has 0 amide bonds. The summed E-state index contributed by atoms with van der Waals surface area (Å²) in [5.41, 5.74) is 1.60. The maximum absolute atomic E-state index is 10.1. The van der Waals surface area contributed by atoms with Gasteiger partial charge in [0.25, 0.3) is 0 Å². The van der Waals surface area contributed by atoms with Gasteiger partial charge in [-0.3, -0.25) is 0 Å². The van der Waals surface area contributed by atoms with Crippen molar-refractivity contribution in [3.8, 4) is 17.2 Å². The van der Waals surface area contributed by atoms with E-state index in [9.17, 15) is 10.2 Å². The molecule has 0 bridgehead atoms. The minimum atomic E-state index is -0.310. The van der Waals surface area contributed by atoms with Crippen molar-refractivity contribution in [1.29, 1.82) is 0 Å². The molecule has 3 nitrogen and oxygen atoms in total. The van der Waals surface area contributed by atoms with Gasteiger partial charge in [-0.25, -0.2) is 0 Å². The van der Waals surface area contributed by atoms with Gasteiger partial charge in [0.15, 0.2) is 0 Å². The van der Waals surface area contributed by atoms with Crippen molar-refractivity contribution in [2.24, 2.45) is 0 Å². The first kappa shape index (κ1) is 12.7. The van der Waals surface area contributed by atoms with Crippen molar-refractivity contribution >= 4 is 0 Å². The molecule has 3 heteroatoms. The molecule has 0 spiro atoms. The number of phenols is 2. The van der Waals surface area contributed by atoms with Crippen LogP contribution in [0, 0.1) is 13.8 Å². The quantitative estimate of drug-likeness (QED) is 0.771. The number of ether oxygens (including phenoxy) is 1. The molecular weight excluding hydrogens is 204 g/mol. The van der Waals surface area contributed by atoms with E-state index in [1.165, 1.54) is 7.11 Å². The molecular formula is C13H20O3. The first-order chi connectivity index (χ1) is 7.21. The van der Waals surface area contributed by atoms with Crippen molar-refractivity contribution < 1.29 is 14.9 Å². The molecule has 2 N–H and O–H groups in total. The Labute approximate surface area is 96.7 Å². The molecule has 0 aliphatic heterocycles. The molecule has 0 atom stereocenters. The Morgan fingerprint density at radius 3 is 1.56 bits per heavy atom. The van der Waals surface area contributed by atoms with Crippen molar-refractivity contribution in [2.75, 3.05) is 7.11 Å². The van der Waals surface area contributed by atoms with Crippen LogP contribution in [0.25, 0.3) is 0 Å². The number of benzene rings is 1. The fraction of sp³-hybridized carbons (Fsp3) is 0.538. The fourth-order valence-corrected chi connectivity index (χ4v) is 2.00. The number of methoxy groups -OCH3 is 1. The van der Waals surface area contributed by atoms with E-state index in [1.807, 2.05) is 20.8 Å². The number of rotatable bonds is 1. The maximum Gasteiger partial charge on any atom is 0.132 e. The highest BCUT2D eigenvalue weighted by Crippen LogP contribution is 2.46. The van der Waals surface area contributed by atoms with Gasteiger partial charge in [-0.1, -0.05) is 20.8 Å². The zero-order valence-electron chi connectivity index (χ0n) is 10.8. The Kier molecular flexibility index (Phi) is 3.08. The topological polar surface area (TPSA) is 49.7 Å². The third-order valence-corrected chi connectivity index (χ3v) is 2.82. The van der Waals surface area contributed by atoms with Crippen molar-refractivity contribution in [3.63, 3.8) is 0 Å². The molecule has 16 heavy (non-hydrogen) atoms. The van der Waals surface area contributed by atoms with Gasteiger partial charge in [0, 0.05) is 16.7 Å².